The lowest BCUT2D eigenvalue weighted by molar-refractivity contribution is -0.118. The van der Waals surface area contributed by atoms with Gasteiger partial charge in [0.1, 0.15) is 16.8 Å². The number of hydrogen-bond acceptors (Lipinski definition) is 5. The Morgan fingerprint density at radius 3 is 2.80 bits per heavy atom. The van der Waals surface area contributed by atoms with Crippen molar-refractivity contribution in [2.24, 2.45) is 0 Å². The van der Waals surface area contributed by atoms with Gasteiger partial charge in [0, 0.05) is 17.8 Å². The van der Waals surface area contributed by atoms with Crippen molar-refractivity contribution >= 4 is 28.7 Å². The number of aromatic nitrogens is 3. The molecule has 1 aliphatic rings. The fraction of sp³-hybridized carbons (Fsp3) is 0.227. The maximum absolute atomic E-state index is 13.2. The fourth-order valence-electron chi connectivity index (χ4n) is 3.43. The van der Waals surface area contributed by atoms with Gasteiger partial charge in [-0.05, 0) is 30.5 Å². The van der Waals surface area contributed by atoms with Crippen LogP contribution in [0.3, 0.4) is 0 Å². The number of furan rings is 1. The van der Waals surface area contributed by atoms with Crippen molar-refractivity contribution in [1.82, 2.24) is 19.9 Å². The van der Waals surface area contributed by atoms with Crippen LogP contribution in [0.5, 0.6) is 0 Å². The zero-order chi connectivity index (χ0) is 20.5. The predicted molar refractivity (Wildman–Crippen MR) is 115 cm³/mol. The highest BCUT2D eigenvalue weighted by Crippen LogP contribution is 2.37. The number of aromatic amines is 1. The zero-order valence-electron chi connectivity index (χ0n) is 16.1. The standard InChI is InChI=1S/C22H20N4O3S/c27-18(23-11-16-7-4-10-29-16)13-30-22-25-19-17(14-5-2-1-3-6-14)12-24-20(19)21(28)26(22)15-8-9-15/h1-7,10,12,15,24H,8-9,11,13H2,(H,23,27). The predicted octanol–water partition coefficient (Wildman–Crippen LogP) is 3.73. The molecule has 7 nitrogen and oxygen atoms in total. The summed E-state index contributed by atoms with van der Waals surface area (Å²) < 4.78 is 6.97. The van der Waals surface area contributed by atoms with Crippen LogP contribution in [0.1, 0.15) is 24.6 Å². The fourth-order valence-corrected chi connectivity index (χ4v) is 4.32. The summed E-state index contributed by atoms with van der Waals surface area (Å²) >= 11 is 1.29. The van der Waals surface area contributed by atoms with Crippen molar-refractivity contribution in [3.8, 4) is 11.1 Å². The molecule has 1 amide bonds. The minimum atomic E-state index is -0.134. The van der Waals surface area contributed by atoms with E-state index in [0.717, 1.165) is 24.0 Å². The zero-order valence-corrected chi connectivity index (χ0v) is 16.9. The van der Waals surface area contributed by atoms with Gasteiger partial charge in [-0.3, -0.25) is 14.2 Å². The van der Waals surface area contributed by atoms with Gasteiger partial charge in [0.05, 0.1) is 18.6 Å². The van der Waals surface area contributed by atoms with Crippen LogP contribution in [-0.4, -0.2) is 26.2 Å². The highest BCUT2D eigenvalue weighted by Gasteiger charge is 2.29. The Balaban J connectivity index is 1.43. The average Bonchev–Trinajstić information content (AvgIpc) is 3.28. The Kier molecular flexibility index (Phi) is 4.92. The Labute approximate surface area is 176 Å². The van der Waals surface area contributed by atoms with Crippen LogP contribution in [0.4, 0.5) is 0 Å². The molecular weight excluding hydrogens is 400 g/mol. The molecule has 30 heavy (non-hydrogen) atoms. The molecule has 0 radical (unpaired) electrons. The molecule has 0 saturated heterocycles. The lowest BCUT2D eigenvalue weighted by Gasteiger charge is -2.11. The molecule has 0 aliphatic heterocycles. The number of rotatable bonds is 7. The molecule has 2 N–H and O–H groups in total. The van der Waals surface area contributed by atoms with E-state index in [0.29, 0.717) is 28.5 Å². The van der Waals surface area contributed by atoms with Crippen molar-refractivity contribution in [2.75, 3.05) is 5.75 Å². The normalized spacial score (nSPS) is 13.6. The maximum Gasteiger partial charge on any atom is 0.278 e. The van der Waals surface area contributed by atoms with E-state index in [2.05, 4.69) is 10.3 Å². The number of nitrogens with zero attached hydrogens (tertiary/aromatic N) is 2. The van der Waals surface area contributed by atoms with Gasteiger partial charge < -0.3 is 14.7 Å². The van der Waals surface area contributed by atoms with Crippen LogP contribution in [-0.2, 0) is 11.3 Å². The van der Waals surface area contributed by atoms with Gasteiger partial charge in [-0.25, -0.2) is 4.98 Å². The lowest BCUT2D eigenvalue weighted by Crippen LogP contribution is -2.26. The summed E-state index contributed by atoms with van der Waals surface area (Å²) in [5.41, 5.74) is 2.94. The van der Waals surface area contributed by atoms with E-state index >= 15 is 0 Å². The van der Waals surface area contributed by atoms with Gasteiger partial charge in [-0.2, -0.15) is 0 Å². The first-order valence-corrected chi connectivity index (χ1v) is 10.8. The van der Waals surface area contributed by atoms with E-state index in [1.54, 1.807) is 16.9 Å². The third kappa shape index (κ3) is 3.66. The highest BCUT2D eigenvalue weighted by atomic mass is 32.2. The molecule has 3 aromatic heterocycles. The summed E-state index contributed by atoms with van der Waals surface area (Å²) in [6.07, 6.45) is 5.32. The van der Waals surface area contributed by atoms with Gasteiger partial charge in [0.25, 0.3) is 5.56 Å². The van der Waals surface area contributed by atoms with Crippen LogP contribution in [0.25, 0.3) is 22.2 Å². The monoisotopic (exact) mass is 420 g/mol. The molecule has 1 aromatic carbocycles. The number of nitrogens with one attached hydrogen (secondary N) is 2. The lowest BCUT2D eigenvalue weighted by atomic mass is 10.1. The SMILES string of the molecule is O=C(CSc1nc2c(-c3ccccc3)c[nH]c2c(=O)n1C1CC1)NCc1ccco1. The molecule has 152 valence electrons. The second-order valence-corrected chi connectivity index (χ2v) is 8.18. The maximum atomic E-state index is 13.2. The van der Waals surface area contributed by atoms with E-state index in [1.807, 2.05) is 42.6 Å². The van der Waals surface area contributed by atoms with Gasteiger partial charge in [0.15, 0.2) is 5.16 Å². The van der Waals surface area contributed by atoms with Crippen molar-refractivity contribution < 1.29 is 9.21 Å². The molecule has 1 fully saturated rings. The number of carbonyl (C=O) groups excluding carboxylic acids is 1. The summed E-state index contributed by atoms with van der Waals surface area (Å²) in [5, 5.41) is 3.41. The summed E-state index contributed by atoms with van der Waals surface area (Å²) in [4.78, 5) is 33.4. The first-order chi connectivity index (χ1) is 14.7. The topological polar surface area (TPSA) is 92.9 Å². The van der Waals surface area contributed by atoms with Crippen molar-refractivity contribution in [1.29, 1.82) is 0 Å². The summed E-state index contributed by atoms with van der Waals surface area (Å²) in [5.74, 6) is 0.740. The molecule has 0 bridgehead atoms. The third-order valence-corrected chi connectivity index (χ3v) is 6.02. The third-order valence-electron chi connectivity index (χ3n) is 5.07. The van der Waals surface area contributed by atoms with Crippen LogP contribution in [0, 0.1) is 0 Å². The quantitative estimate of drug-likeness (QED) is 0.351. The molecule has 0 unspecified atom stereocenters. The molecule has 0 atom stereocenters. The number of fused-ring (bicyclic) bond motifs is 1. The number of hydrogen-bond donors (Lipinski definition) is 2. The van der Waals surface area contributed by atoms with Crippen molar-refractivity contribution in [3.63, 3.8) is 0 Å². The van der Waals surface area contributed by atoms with E-state index in [4.69, 9.17) is 9.40 Å². The summed E-state index contributed by atoms with van der Waals surface area (Å²) in [6.45, 7) is 0.338. The molecule has 4 aromatic rings. The number of H-pyrrole nitrogens is 1. The summed E-state index contributed by atoms with van der Waals surface area (Å²) in [7, 11) is 0. The van der Waals surface area contributed by atoms with Gasteiger partial charge in [-0.15, -0.1) is 0 Å². The van der Waals surface area contributed by atoms with Crippen molar-refractivity contribution in [3.05, 3.63) is 71.0 Å². The molecular formula is C22H20N4O3S. The highest BCUT2D eigenvalue weighted by molar-refractivity contribution is 7.99. The Hall–Kier alpha value is -3.26. The summed E-state index contributed by atoms with van der Waals surface area (Å²) in [6, 6.07) is 13.6. The van der Waals surface area contributed by atoms with E-state index in [-0.39, 0.29) is 23.3 Å². The molecule has 0 spiro atoms. The van der Waals surface area contributed by atoms with Crippen LogP contribution in [0.2, 0.25) is 0 Å². The first kappa shape index (κ1) is 18.7. The van der Waals surface area contributed by atoms with Crippen LogP contribution >= 0.6 is 11.8 Å². The average molecular weight is 420 g/mol. The van der Waals surface area contributed by atoms with Gasteiger partial charge in [0.2, 0.25) is 5.91 Å². The van der Waals surface area contributed by atoms with E-state index in [9.17, 15) is 9.59 Å². The molecule has 1 saturated carbocycles. The minimum absolute atomic E-state index is 0.0804. The number of amides is 1. The van der Waals surface area contributed by atoms with Gasteiger partial charge in [-0.1, -0.05) is 42.1 Å². The first-order valence-electron chi connectivity index (χ1n) is 9.81. The molecule has 8 heteroatoms. The van der Waals surface area contributed by atoms with Crippen LogP contribution in [0.15, 0.2) is 69.3 Å². The Bertz CT molecular complexity index is 1240. The van der Waals surface area contributed by atoms with E-state index < -0.39 is 0 Å². The van der Waals surface area contributed by atoms with Gasteiger partial charge >= 0.3 is 0 Å². The largest absolute Gasteiger partial charge is 0.467 e. The molecule has 5 rings (SSSR count). The minimum Gasteiger partial charge on any atom is -0.467 e. The van der Waals surface area contributed by atoms with Crippen LogP contribution < -0.4 is 10.9 Å². The molecule has 3 heterocycles. The second kappa shape index (κ2) is 7.87. The number of benzene rings is 1. The Morgan fingerprint density at radius 1 is 1.23 bits per heavy atom. The number of thioether (sulfide) groups is 1. The molecule has 1 aliphatic carbocycles. The second-order valence-electron chi connectivity index (χ2n) is 7.24. The van der Waals surface area contributed by atoms with E-state index in [1.165, 1.54) is 11.8 Å². The number of carbonyl (C=O) groups is 1. The smallest absolute Gasteiger partial charge is 0.278 e. The Morgan fingerprint density at radius 2 is 2.07 bits per heavy atom. The van der Waals surface area contributed by atoms with Crippen molar-refractivity contribution in [2.45, 2.75) is 30.6 Å².